The van der Waals surface area contributed by atoms with E-state index in [1.165, 1.54) is 11.3 Å². The van der Waals surface area contributed by atoms with Crippen molar-refractivity contribution in [1.29, 1.82) is 0 Å². The molecular weight excluding hydrogens is 397 g/mol. The summed E-state index contributed by atoms with van der Waals surface area (Å²) < 4.78 is 10.6. The van der Waals surface area contributed by atoms with Crippen LogP contribution in [0.2, 0.25) is 0 Å². The molecule has 0 atom stereocenters. The minimum absolute atomic E-state index is 0. The number of aromatic nitrogens is 1. The lowest BCUT2D eigenvalue weighted by atomic mass is 10.0. The number of halogens is 2. The average molecular weight is 420 g/mol. The van der Waals surface area contributed by atoms with Crippen molar-refractivity contribution in [3.63, 3.8) is 0 Å². The number of amides is 1. The molecule has 1 amide bonds. The molecule has 1 aromatic carbocycles. The van der Waals surface area contributed by atoms with E-state index in [0.717, 1.165) is 35.9 Å². The van der Waals surface area contributed by atoms with Crippen LogP contribution < -0.4 is 20.1 Å². The third-order valence-electron chi connectivity index (χ3n) is 3.98. The van der Waals surface area contributed by atoms with Gasteiger partial charge in [-0.3, -0.25) is 4.79 Å². The SMILES string of the molecule is COc1ccc(-c2nc(CC(=O)NCC3CNC3)cs2)cc1OC.Cl.Cl. The maximum Gasteiger partial charge on any atom is 0.226 e. The van der Waals surface area contributed by atoms with Gasteiger partial charge in [0.2, 0.25) is 5.91 Å². The number of hydrogen-bond donors (Lipinski definition) is 2. The fourth-order valence-corrected chi connectivity index (χ4v) is 3.28. The maximum absolute atomic E-state index is 12.0. The molecule has 3 rings (SSSR count). The van der Waals surface area contributed by atoms with Crippen LogP contribution in [0.5, 0.6) is 11.5 Å². The third kappa shape index (κ3) is 5.48. The first-order valence-corrected chi connectivity index (χ1v) is 8.71. The minimum Gasteiger partial charge on any atom is -0.493 e. The van der Waals surface area contributed by atoms with E-state index < -0.39 is 0 Å². The molecule has 0 aliphatic carbocycles. The molecule has 2 N–H and O–H groups in total. The lowest BCUT2D eigenvalue weighted by Gasteiger charge is -2.26. The number of nitrogens with zero attached hydrogens (tertiary/aromatic N) is 1. The molecule has 0 radical (unpaired) electrons. The Balaban J connectivity index is 0.00000169. The lowest BCUT2D eigenvalue weighted by molar-refractivity contribution is -0.120. The number of benzene rings is 1. The van der Waals surface area contributed by atoms with Crippen LogP contribution >= 0.6 is 36.2 Å². The molecule has 1 aromatic heterocycles. The first-order chi connectivity index (χ1) is 11.7. The number of carbonyl (C=O) groups is 1. The van der Waals surface area contributed by atoms with Crippen LogP contribution in [0.1, 0.15) is 5.69 Å². The summed E-state index contributed by atoms with van der Waals surface area (Å²) in [6.45, 7) is 2.71. The molecule has 1 fully saturated rings. The van der Waals surface area contributed by atoms with Gasteiger partial charge in [-0.15, -0.1) is 36.2 Å². The fraction of sp³-hybridized carbons (Fsp3) is 0.412. The number of nitrogens with one attached hydrogen (secondary N) is 2. The zero-order valence-corrected chi connectivity index (χ0v) is 17.1. The van der Waals surface area contributed by atoms with Gasteiger partial charge in [-0.2, -0.15) is 0 Å². The summed E-state index contributed by atoms with van der Waals surface area (Å²) in [6.07, 6.45) is 0.309. The van der Waals surface area contributed by atoms with Crippen LogP contribution in [0.4, 0.5) is 0 Å². The van der Waals surface area contributed by atoms with Gasteiger partial charge < -0.3 is 20.1 Å². The van der Waals surface area contributed by atoms with E-state index in [4.69, 9.17) is 9.47 Å². The first-order valence-electron chi connectivity index (χ1n) is 7.84. The van der Waals surface area contributed by atoms with Crippen molar-refractivity contribution in [2.24, 2.45) is 5.92 Å². The van der Waals surface area contributed by atoms with Crippen molar-refractivity contribution < 1.29 is 14.3 Å². The van der Waals surface area contributed by atoms with Gasteiger partial charge in [-0.05, 0) is 18.2 Å². The van der Waals surface area contributed by atoms with E-state index in [1.807, 2.05) is 23.6 Å². The second-order valence-corrected chi connectivity index (χ2v) is 6.58. The summed E-state index contributed by atoms with van der Waals surface area (Å²) in [5.41, 5.74) is 1.74. The summed E-state index contributed by atoms with van der Waals surface area (Å²) >= 11 is 1.52. The van der Waals surface area contributed by atoms with Gasteiger partial charge in [0, 0.05) is 36.5 Å². The topological polar surface area (TPSA) is 72.5 Å². The molecule has 2 heterocycles. The van der Waals surface area contributed by atoms with Gasteiger partial charge in [0.05, 0.1) is 26.3 Å². The number of ether oxygens (including phenoxy) is 2. The fourth-order valence-electron chi connectivity index (χ4n) is 2.47. The second-order valence-electron chi connectivity index (χ2n) is 5.72. The van der Waals surface area contributed by atoms with Crippen molar-refractivity contribution in [1.82, 2.24) is 15.6 Å². The van der Waals surface area contributed by atoms with Gasteiger partial charge in [0.25, 0.3) is 0 Å². The molecule has 1 saturated heterocycles. The van der Waals surface area contributed by atoms with Gasteiger partial charge >= 0.3 is 0 Å². The van der Waals surface area contributed by atoms with Crippen LogP contribution in [0.15, 0.2) is 23.6 Å². The Morgan fingerprint density at radius 3 is 2.62 bits per heavy atom. The molecule has 0 saturated carbocycles. The third-order valence-corrected chi connectivity index (χ3v) is 4.92. The zero-order chi connectivity index (χ0) is 16.9. The highest BCUT2D eigenvalue weighted by atomic mass is 35.5. The van der Waals surface area contributed by atoms with E-state index >= 15 is 0 Å². The Kier molecular flexibility index (Phi) is 9.15. The molecule has 9 heteroatoms. The zero-order valence-electron chi connectivity index (χ0n) is 14.6. The Labute approximate surface area is 169 Å². The predicted octanol–water partition coefficient (Wildman–Crippen LogP) is 2.55. The molecule has 0 bridgehead atoms. The highest BCUT2D eigenvalue weighted by Crippen LogP contribution is 2.33. The highest BCUT2D eigenvalue weighted by molar-refractivity contribution is 7.13. The monoisotopic (exact) mass is 419 g/mol. The van der Waals surface area contributed by atoms with E-state index in [1.54, 1.807) is 14.2 Å². The van der Waals surface area contributed by atoms with Crippen molar-refractivity contribution in [3.8, 4) is 22.1 Å². The summed E-state index contributed by atoms with van der Waals surface area (Å²) in [6, 6.07) is 5.69. The molecule has 1 aliphatic heterocycles. The van der Waals surface area contributed by atoms with Crippen molar-refractivity contribution in [2.75, 3.05) is 33.9 Å². The number of carbonyl (C=O) groups excluding carboxylic acids is 1. The molecule has 1 aliphatic rings. The molecular formula is C17H23Cl2N3O3S. The normalized spacial score (nSPS) is 13.0. The molecule has 6 nitrogen and oxygen atoms in total. The Morgan fingerprint density at radius 1 is 1.27 bits per heavy atom. The molecule has 0 unspecified atom stereocenters. The lowest BCUT2D eigenvalue weighted by Crippen LogP contribution is -2.48. The second kappa shape index (κ2) is 10.6. The quantitative estimate of drug-likeness (QED) is 0.721. The van der Waals surface area contributed by atoms with E-state index in [0.29, 0.717) is 23.8 Å². The largest absolute Gasteiger partial charge is 0.493 e. The smallest absolute Gasteiger partial charge is 0.226 e. The van der Waals surface area contributed by atoms with Gasteiger partial charge in [0.15, 0.2) is 11.5 Å². The van der Waals surface area contributed by atoms with Crippen LogP contribution in [-0.4, -0.2) is 44.7 Å². The van der Waals surface area contributed by atoms with Crippen LogP contribution in [0.3, 0.4) is 0 Å². The number of rotatable bonds is 7. The van der Waals surface area contributed by atoms with E-state index in [2.05, 4.69) is 15.6 Å². The molecule has 2 aromatic rings. The van der Waals surface area contributed by atoms with Crippen molar-refractivity contribution in [3.05, 3.63) is 29.3 Å². The number of thiazole rings is 1. The van der Waals surface area contributed by atoms with Crippen LogP contribution in [-0.2, 0) is 11.2 Å². The Hall–Kier alpha value is -1.54. The summed E-state index contributed by atoms with van der Waals surface area (Å²) in [4.78, 5) is 16.5. The maximum atomic E-state index is 12.0. The standard InChI is InChI=1S/C17H21N3O3S.2ClH/c1-22-14-4-3-12(5-15(14)23-2)17-20-13(10-24-17)6-16(21)19-9-11-7-18-8-11;;/h3-5,10-11,18H,6-9H2,1-2H3,(H,19,21);2*1H. The van der Waals surface area contributed by atoms with Crippen LogP contribution in [0.25, 0.3) is 10.6 Å². The Bertz CT molecular complexity index is 723. The Morgan fingerprint density at radius 2 is 2.00 bits per heavy atom. The van der Waals surface area contributed by atoms with Gasteiger partial charge in [-0.25, -0.2) is 4.98 Å². The number of methoxy groups -OCH3 is 2. The first kappa shape index (κ1) is 22.5. The van der Waals surface area contributed by atoms with Gasteiger partial charge in [-0.1, -0.05) is 0 Å². The summed E-state index contributed by atoms with van der Waals surface area (Å²) in [5.74, 6) is 1.93. The molecule has 0 spiro atoms. The summed E-state index contributed by atoms with van der Waals surface area (Å²) in [7, 11) is 3.22. The minimum atomic E-state index is 0. The highest BCUT2D eigenvalue weighted by Gasteiger charge is 2.17. The van der Waals surface area contributed by atoms with Crippen molar-refractivity contribution in [2.45, 2.75) is 6.42 Å². The summed E-state index contributed by atoms with van der Waals surface area (Å²) in [5, 5.41) is 8.95. The molecule has 144 valence electrons. The van der Waals surface area contributed by atoms with Crippen molar-refractivity contribution >= 4 is 42.1 Å². The van der Waals surface area contributed by atoms with E-state index in [9.17, 15) is 4.79 Å². The van der Waals surface area contributed by atoms with E-state index in [-0.39, 0.29) is 30.7 Å². The van der Waals surface area contributed by atoms with Gasteiger partial charge in [0.1, 0.15) is 5.01 Å². The predicted molar refractivity (Wildman–Crippen MR) is 108 cm³/mol. The average Bonchev–Trinajstić information content (AvgIpc) is 3.01. The molecule has 26 heavy (non-hydrogen) atoms. The number of hydrogen-bond acceptors (Lipinski definition) is 6. The van der Waals surface area contributed by atoms with Crippen LogP contribution in [0, 0.1) is 5.92 Å².